The normalized spacial score (nSPS) is 12.1. The van der Waals surface area contributed by atoms with Crippen LogP contribution in [0, 0.1) is 5.41 Å². The van der Waals surface area contributed by atoms with E-state index in [1.807, 2.05) is 13.8 Å². The van der Waals surface area contributed by atoms with Crippen LogP contribution < -0.4 is 5.73 Å². The molecule has 0 amide bonds. The predicted molar refractivity (Wildman–Crippen MR) is 71.7 cm³/mol. The van der Waals surface area contributed by atoms with Crippen LogP contribution in [0.25, 0.3) is 0 Å². The molecule has 0 rings (SSSR count). The zero-order valence-corrected chi connectivity index (χ0v) is 11.7. The lowest BCUT2D eigenvalue weighted by atomic mass is 9.88. The maximum Gasteiger partial charge on any atom is 0.0784 e. The Hall–Kier alpha value is -0.190. The smallest absolute Gasteiger partial charge is 0.0784 e. The lowest BCUT2D eigenvalue weighted by molar-refractivity contribution is 0.0179. The Balaban J connectivity index is 3.37. The van der Waals surface area contributed by atoms with Gasteiger partial charge in [0.2, 0.25) is 0 Å². The zero-order chi connectivity index (χ0) is 12.6. The summed E-state index contributed by atoms with van der Waals surface area (Å²) in [4.78, 5) is 0.579. The molecule has 0 aliphatic heterocycles. The summed E-state index contributed by atoms with van der Waals surface area (Å²) < 4.78 is 10.8. The van der Waals surface area contributed by atoms with Crippen molar-refractivity contribution in [3.63, 3.8) is 0 Å². The highest BCUT2D eigenvalue weighted by Crippen LogP contribution is 2.22. The van der Waals surface area contributed by atoms with Gasteiger partial charge in [-0.25, -0.2) is 0 Å². The molecule has 0 heterocycles. The summed E-state index contributed by atoms with van der Waals surface area (Å²) in [5.74, 6) is 0. The monoisotopic (exact) mass is 247 g/mol. The largest absolute Gasteiger partial charge is 0.393 e. The minimum absolute atomic E-state index is 0.0624. The third-order valence-electron chi connectivity index (χ3n) is 2.44. The molecule has 0 spiro atoms. The Kier molecular flexibility index (Phi) is 7.89. The topological polar surface area (TPSA) is 44.5 Å². The van der Waals surface area contributed by atoms with Gasteiger partial charge in [0.05, 0.1) is 24.3 Å². The fraction of sp³-hybridized carbons (Fsp3) is 0.917. The van der Waals surface area contributed by atoms with Crippen molar-refractivity contribution in [1.82, 2.24) is 0 Å². The van der Waals surface area contributed by atoms with Gasteiger partial charge in [-0.15, -0.1) is 0 Å². The second-order valence-corrected chi connectivity index (χ2v) is 5.32. The fourth-order valence-electron chi connectivity index (χ4n) is 1.18. The van der Waals surface area contributed by atoms with Gasteiger partial charge in [0.15, 0.2) is 0 Å². The minimum atomic E-state index is -0.0624. The average Bonchev–Trinajstić information content (AvgIpc) is 2.15. The van der Waals surface area contributed by atoms with Crippen LogP contribution in [0.5, 0.6) is 0 Å². The summed E-state index contributed by atoms with van der Waals surface area (Å²) in [6, 6.07) is 0. The molecule has 16 heavy (non-hydrogen) atoms. The summed E-state index contributed by atoms with van der Waals surface area (Å²) in [6.07, 6.45) is 2.22. The first-order valence-electron chi connectivity index (χ1n) is 5.85. The quantitative estimate of drug-likeness (QED) is 0.502. The average molecular weight is 247 g/mol. The molecule has 3 nitrogen and oxygen atoms in total. The van der Waals surface area contributed by atoms with Gasteiger partial charge < -0.3 is 15.2 Å². The molecule has 96 valence electrons. The van der Waals surface area contributed by atoms with Crippen LogP contribution >= 0.6 is 12.2 Å². The van der Waals surface area contributed by atoms with Gasteiger partial charge in [-0.3, -0.25) is 0 Å². The standard InChI is InChI=1S/C12H25NO2S/c1-10(2)15-9-8-14-7-5-6-12(3,4)11(13)16/h10H,5-9H2,1-4H3,(H2,13,16). The van der Waals surface area contributed by atoms with E-state index in [2.05, 4.69) is 13.8 Å². The van der Waals surface area contributed by atoms with Gasteiger partial charge in [-0.05, 0) is 26.7 Å². The van der Waals surface area contributed by atoms with Crippen molar-refractivity contribution in [3.8, 4) is 0 Å². The molecular weight excluding hydrogens is 222 g/mol. The van der Waals surface area contributed by atoms with Gasteiger partial charge >= 0.3 is 0 Å². The Morgan fingerprint density at radius 3 is 2.38 bits per heavy atom. The van der Waals surface area contributed by atoms with E-state index >= 15 is 0 Å². The zero-order valence-electron chi connectivity index (χ0n) is 10.9. The summed E-state index contributed by atoms with van der Waals surface area (Å²) >= 11 is 5.00. The number of rotatable bonds is 9. The van der Waals surface area contributed by atoms with Crippen molar-refractivity contribution < 1.29 is 9.47 Å². The third kappa shape index (κ3) is 8.02. The van der Waals surface area contributed by atoms with Crippen molar-refractivity contribution in [1.29, 1.82) is 0 Å². The van der Waals surface area contributed by atoms with Crippen LogP contribution in [0.15, 0.2) is 0 Å². The highest BCUT2D eigenvalue weighted by Gasteiger charge is 2.20. The Morgan fingerprint density at radius 1 is 1.25 bits per heavy atom. The maximum atomic E-state index is 5.64. The number of hydrogen-bond donors (Lipinski definition) is 1. The van der Waals surface area contributed by atoms with Crippen LogP contribution in [0.2, 0.25) is 0 Å². The van der Waals surface area contributed by atoms with E-state index in [4.69, 9.17) is 27.4 Å². The van der Waals surface area contributed by atoms with Gasteiger partial charge in [-0.2, -0.15) is 0 Å². The van der Waals surface area contributed by atoms with Crippen molar-refractivity contribution >= 4 is 17.2 Å². The van der Waals surface area contributed by atoms with Crippen molar-refractivity contribution in [2.24, 2.45) is 11.1 Å². The molecule has 0 aromatic rings. The van der Waals surface area contributed by atoms with E-state index < -0.39 is 0 Å². The Bertz CT molecular complexity index is 205. The molecule has 0 atom stereocenters. The highest BCUT2D eigenvalue weighted by molar-refractivity contribution is 7.80. The molecule has 0 fully saturated rings. The van der Waals surface area contributed by atoms with E-state index in [0.29, 0.717) is 18.2 Å². The fourth-order valence-corrected chi connectivity index (χ4v) is 1.29. The van der Waals surface area contributed by atoms with Gasteiger partial charge in [0, 0.05) is 12.0 Å². The second-order valence-electron chi connectivity index (χ2n) is 4.88. The van der Waals surface area contributed by atoms with Crippen molar-refractivity contribution in [2.45, 2.75) is 46.6 Å². The third-order valence-corrected chi connectivity index (χ3v) is 2.99. The summed E-state index contributed by atoms with van der Waals surface area (Å²) in [5.41, 5.74) is 5.57. The van der Waals surface area contributed by atoms with E-state index in [-0.39, 0.29) is 11.5 Å². The lowest BCUT2D eigenvalue weighted by Crippen LogP contribution is -2.29. The summed E-state index contributed by atoms with van der Waals surface area (Å²) in [6.45, 7) is 10.2. The van der Waals surface area contributed by atoms with Gasteiger partial charge in [0.1, 0.15) is 0 Å². The Labute approximate surface area is 105 Å². The highest BCUT2D eigenvalue weighted by atomic mass is 32.1. The number of nitrogens with two attached hydrogens (primary N) is 1. The molecule has 0 bridgehead atoms. The molecule has 0 aromatic carbocycles. The molecule has 2 N–H and O–H groups in total. The van der Waals surface area contributed by atoms with E-state index in [1.165, 1.54) is 0 Å². The SMILES string of the molecule is CC(C)OCCOCCCC(C)(C)C(N)=S. The van der Waals surface area contributed by atoms with Gasteiger partial charge in [-0.1, -0.05) is 26.1 Å². The van der Waals surface area contributed by atoms with Crippen LogP contribution in [0.1, 0.15) is 40.5 Å². The van der Waals surface area contributed by atoms with Crippen LogP contribution in [-0.2, 0) is 9.47 Å². The number of hydrogen-bond acceptors (Lipinski definition) is 3. The minimum Gasteiger partial charge on any atom is -0.393 e. The molecule has 0 aromatic heterocycles. The second kappa shape index (κ2) is 7.98. The van der Waals surface area contributed by atoms with E-state index in [9.17, 15) is 0 Å². The van der Waals surface area contributed by atoms with Crippen molar-refractivity contribution in [3.05, 3.63) is 0 Å². The summed E-state index contributed by atoms with van der Waals surface area (Å²) in [7, 11) is 0. The molecule has 0 aliphatic rings. The first-order valence-corrected chi connectivity index (χ1v) is 6.26. The predicted octanol–water partition coefficient (Wildman–Crippen LogP) is 2.52. The Morgan fingerprint density at radius 2 is 1.88 bits per heavy atom. The molecule has 0 unspecified atom stereocenters. The van der Waals surface area contributed by atoms with E-state index in [1.54, 1.807) is 0 Å². The molecular formula is C12H25NO2S. The summed E-state index contributed by atoms with van der Waals surface area (Å²) in [5, 5.41) is 0. The van der Waals surface area contributed by atoms with Crippen LogP contribution in [0.4, 0.5) is 0 Å². The molecule has 0 radical (unpaired) electrons. The molecule has 4 heteroatoms. The maximum absolute atomic E-state index is 5.64. The number of ether oxygens (including phenoxy) is 2. The first kappa shape index (κ1) is 15.8. The molecule has 0 saturated carbocycles. The van der Waals surface area contributed by atoms with E-state index in [0.717, 1.165) is 19.4 Å². The number of thiocarbonyl (C=S) groups is 1. The van der Waals surface area contributed by atoms with Crippen LogP contribution in [-0.4, -0.2) is 30.9 Å². The first-order chi connectivity index (χ1) is 7.36. The lowest BCUT2D eigenvalue weighted by Gasteiger charge is -2.22. The van der Waals surface area contributed by atoms with Gasteiger partial charge in [0.25, 0.3) is 0 Å². The molecule has 0 aliphatic carbocycles. The van der Waals surface area contributed by atoms with Crippen LogP contribution in [0.3, 0.4) is 0 Å². The molecule has 0 saturated heterocycles. The van der Waals surface area contributed by atoms with Crippen molar-refractivity contribution in [2.75, 3.05) is 19.8 Å².